The van der Waals surface area contributed by atoms with E-state index in [0.29, 0.717) is 30.4 Å². The number of hydrogen-bond donors (Lipinski definition) is 0. The third-order valence-electron chi connectivity index (χ3n) is 4.07. The zero-order valence-electron chi connectivity index (χ0n) is 13.2. The van der Waals surface area contributed by atoms with Crippen LogP contribution in [0.4, 0.5) is 0 Å². The lowest BCUT2D eigenvalue weighted by atomic mass is 10.1. The van der Waals surface area contributed by atoms with Crippen molar-refractivity contribution in [3.63, 3.8) is 0 Å². The number of carbonyl (C=O) groups excluding carboxylic acids is 2. The molecule has 124 valence electrons. The van der Waals surface area contributed by atoms with Crippen molar-refractivity contribution in [1.29, 1.82) is 0 Å². The van der Waals surface area contributed by atoms with E-state index in [9.17, 15) is 9.59 Å². The molecule has 2 aromatic rings. The summed E-state index contributed by atoms with van der Waals surface area (Å²) in [5.74, 6) is -0.262. The highest BCUT2D eigenvalue weighted by molar-refractivity contribution is 6.30. The Morgan fingerprint density at radius 1 is 1.12 bits per heavy atom. The molecule has 5 nitrogen and oxygen atoms in total. The minimum atomic E-state index is -0.234. The van der Waals surface area contributed by atoms with Crippen molar-refractivity contribution in [2.45, 2.75) is 6.42 Å². The van der Waals surface area contributed by atoms with Crippen molar-refractivity contribution in [3.05, 3.63) is 64.9 Å². The van der Waals surface area contributed by atoms with E-state index in [-0.39, 0.29) is 18.4 Å². The Morgan fingerprint density at radius 3 is 2.58 bits per heavy atom. The van der Waals surface area contributed by atoms with Gasteiger partial charge in [-0.1, -0.05) is 41.9 Å². The molecule has 0 aliphatic carbocycles. The first kappa shape index (κ1) is 16.5. The summed E-state index contributed by atoms with van der Waals surface area (Å²) in [6.45, 7) is 1.83. The fourth-order valence-electron chi connectivity index (χ4n) is 2.69. The van der Waals surface area contributed by atoms with Crippen LogP contribution in [-0.2, 0) is 11.2 Å². The highest BCUT2D eigenvalue weighted by atomic mass is 35.5. The first-order valence-electron chi connectivity index (χ1n) is 7.86. The maximum Gasteiger partial charge on any atom is 0.272 e. The summed E-state index contributed by atoms with van der Waals surface area (Å²) in [7, 11) is 0. The van der Waals surface area contributed by atoms with Crippen molar-refractivity contribution >= 4 is 23.4 Å². The fraction of sp³-hybridized carbons (Fsp3) is 0.278. The third-order valence-corrected chi connectivity index (χ3v) is 4.29. The second-order valence-corrected chi connectivity index (χ2v) is 6.14. The van der Waals surface area contributed by atoms with Crippen molar-refractivity contribution in [1.82, 2.24) is 14.8 Å². The van der Waals surface area contributed by atoms with Crippen LogP contribution < -0.4 is 0 Å². The number of aromatic nitrogens is 1. The Labute approximate surface area is 145 Å². The van der Waals surface area contributed by atoms with Crippen LogP contribution in [0.2, 0.25) is 5.02 Å². The number of rotatable bonds is 4. The van der Waals surface area contributed by atoms with Crippen molar-refractivity contribution in [2.75, 3.05) is 26.2 Å². The van der Waals surface area contributed by atoms with Crippen LogP contribution >= 0.6 is 11.6 Å². The lowest BCUT2D eigenvalue weighted by molar-refractivity contribution is -0.134. The van der Waals surface area contributed by atoms with Gasteiger partial charge in [0.1, 0.15) is 12.2 Å². The molecule has 0 atom stereocenters. The first-order chi connectivity index (χ1) is 11.6. The van der Waals surface area contributed by atoms with E-state index < -0.39 is 0 Å². The van der Waals surface area contributed by atoms with Gasteiger partial charge in [-0.05, 0) is 24.1 Å². The summed E-state index contributed by atoms with van der Waals surface area (Å²) in [6.07, 6.45) is 2.26. The number of benzene rings is 1. The van der Waals surface area contributed by atoms with E-state index in [2.05, 4.69) is 17.1 Å². The minimum Gasteiger partial charge on any atom is -0.339 e. The third kappa shape index (κ3) is 3.92. The van der Waals surface area contributed by atoms with Crippen LogP contribution in [0.3, 0.4) is 0 Å². The summed E-state index contributed by atoms with van der Waals surface area (Å²) in [6, 6.07) is 13.3. The van der Waals surface area contributed by atoms with Crippen molar-refractivity contribution < 1.29 is 9.59 Å². The second kappa shape index (κ2) is 7.45. The van der Waals surface area contributed by atoms with Crippen molar-refractivity contribution in [2.24, 2.45) is 0 Å². The predicted molar refractivity (Wildman–Crippen MR) is 91.9 cm³/mol. The lowest BCUT2D eigenvalue weighted by Crippen LogP contribution is -2.52. The molecule has 1 saturated heterocycles. The average molecular weight is 344 g/mol. The number of pyridine rings is 1. The molecule has 6 heteroatoms. The van der Waals surface area contributed by atoms with Gasteiger partial charge in [0, 0.05) is 25.8 Å². The monoisotopic (exact) mass is 343 g/mol. The van der Waals surface area contributed by atoms with Crippen molar-refractivity contribution in [3.8, 4) is 0 Å². The molecular weight excluding hydrogens is 326 g/mol. The zero-order chi connectivity index (χ0) is 16.9. The molecule has 1 aromatic carbocycles. The first-order valence-corrected chi connectivity index (χ1v) is 8.24. The fourth-order valence-corrected chi connectivity index (χ4v) is 2.80. The smallest absolute Gasteiger partial charge is 0.272 e. The average Bonchev–Trinajstić information content (AvgIpc) is 2.61. The largest absolute Gasteiger partial charge is 0.339 e. The lowest BCUT2D eigenvalue weighted by Gasteiger charge is -2.34. The minimum absolute atomic E-state index is 0.0282. The molecule has 1 fully saturated rings. The van der Waals surface area contributed by atoms with Crippen LogP contribution in [0.5, 0.6) is 0 Å². The van der Waals surface area contributed by atoms with Crippen LogP contribution in [0.15, 0.2) is 48.7 Å². The molecule has 3 rings (SSSR count). The maximum atomic E-state index is 12.4. The molecule has 0 saturated carbocycles. The normalized spacial score (nSPS) is 14.8. The molecule has 1 aromatic heterocycles. The van der Waals surface area contributed by atoms with Gasteiger partial charge in [-0.2, -0.15) is 0 Å². The molecule has 0 radical (unpaired) electrons. The number of amides is 2. The molecule has 24 heavy (non-hydrogen) atoms. The van der Waals surface area contributed by atoms with Gasteiger partial charge >= 0.3 is 0 Å². The number of hydrogen-bond acceptors (Lipinski definition) is 3. The van der Waals surface area contributed by atoms with Crippen LogP contribution in [0.1, 0.15) is 16.1 Å². The van der Waals surface area contributed by atoms with Gasteiger partial charge in [-0.25, -0.2) is 4.98 Å². The second-order valence-electron chi connectivity index (χ2n) is 5.70. The number of nitrogens with zero attached hydrogens (tertiary/aromatic N) is 3. The summed E-state index contributed by atoms with van der Waals surface area (Å²) < 4.78 is 0. The van der Waals surface area contributed by atoms with Gasteiger partial charge in [0.15, 0.2) is 0 Å². The summed E-state index contributed by atoms with van der Waals surface area (Å²) in [4.78, 5) is 32.1. The van der Waals surface area contributed by atoms with Gasteiger partial charge in [0.25, 0.3) is 5.91 Å². The number of carbonyl (C=O) groups is 2. The molecule has 1 aliphatic rings. The van der Waals surface area contributed by atoms with Crippen LogP contribution in [0, 0.1) is 0 Å². The number of halogens is 1. The van der Waals surface area contributed by atoms with Crippen LogP contribution in [-0.4, -0.2) is 52.8 Å². The highest BCUT2D eigenvalue weighted by Gasteiger charge is 2.27. The van der Waals surface area contributed by atoms with Gasteiger partial charge in [0.2, 0.25) is 5.91 Å². The summed E-state index contributed by atoms with van der Waals surface area (Å²) in [5.41, 5.74) is 1.51. The Balaban J connectivity index is 1.56. The van der Waals surface area contributed by atoms with E-state index in [1.807, 2.05) is 23.1 Å². The van der Waals surface area contributed by atoms with E-state index in [1.54, 1.807) is 12.1 Å². The van der Waals surface area contributed by atoms with Gasteiger partial charge in [-0.15, -0.1) is 0 Å². The van der Waals surface area contributed by atoms with E-state index >= 15 is 0 Å². The highest BCUT2D eigenvalue weighted by Crippen LogP contribution is 2.12. The van der Waals surface area contributed by atoms with E-state index in [0.717, 1.165) is 6.42 Å². The van der Waals surface area contributed by atoms with Crippen LogP contribution in [0.25, 0.3) is 0 Å². The van der Waals surface area contributed by atoms with E-state index in [4.69, 9.17) is 11.6 Å². The summed E-state index contributed by atoms with van der Waals surface area (Å²) in [5, 5.41) is 0.480. The molecule has 1 aliphatic heterocycles. The van der Waals surface area contributed by atoms with E-state index in [1.165, 1.54) is 16.7 Å². The Morgan fingerprint density at radius 2 is 1.92 bits per heavy atom. The molecule has 0 unspecified atom stereocenters. The quantitative estimate of drug-likeness (QED) is 0.855. The zero-order valence-corrected chi connectivity index (χ0v) is 13.9. The molecule has 0 bridgehead atoms. The number of piperazine rings is 1. The topological polar surface area (TPSA) is 53.5 Å². The standard InChI is InChI=1S/C18H18ClN3O2/c19-15-6-7-16(20-12-15)18(24)22-11-10-21(17(23)13-22)9-8-14-4-2-1-3-5-14/h1-7,12H,8-11,13H2. The van der Waals surface area contributed by atoms with Gasteiger partial charge < -0.3 is 9.80 Å². The maximum absolute atomic E-state index is 12.4. The molecular formula is C18H18ClN3O2. The molecule has 2 amide bonds. The Kier molecular flexibility index (Phi) is 5.11. The molecule has 0 spiro atoms. The predicted octanol–water partition coefficient (Wildman–Crippen LogP) is 2.26. The summed E-state index contributed by atoms with van der Waals surface area (Å²) >= 11 is 5.78. The Hall–Kier alpha value is -2.40. The van der Waals surface area contributed by atoms with Gasteiger partial charge in [-0.3, -0.25) is 9.59 Å². The van der Waals surface area contributed by atoms with Gasteiger partial charge in [0.05, 0.1) is 5.02 Å². The Bertz CT molecular complexity index is 719. The molecule has 2 heterocycles. The molecule has 0 N–H and O–H groups in total. The SMILES string of the molecule is O=C1CN(C(=O)c2ccc(Cl)cn2)CCN1CCc1ccccc1.